The molecule has 0 radical (unpaired) electrons. The van der Waals surface area contributed by atoms with Crippen LogP contribution in [0.4, 0.5) is 13.2 Å². The van der Waals surface area contributed by atoms with Gasteiger partial charge in [0.15, 0.2) is 11.6 Å². The quantitative estimate of drug-likeness (QED) is 0.618. The van der Waals surface area contributed by atoms with Crippen LogP contribution in [0.3, 0.4) is 0 Å². The molecule has 0 bridgehead atoms. The van der Waals surface area contributed by atoms with Crippen molar-refractivity contribution in [3.05, 3.63) is 81.0 Å². The first kappa shape index (κ1) is 21.0. The van der Waals surface area contributed by atoms with E-state index < -0.39 is 35.0 Å². The van der Waals surface area contributed by atoms with E-state index in [-0.39, 0.29) is 22.3 Å². The van der Waals surface area contributed by atoms with Crippen molar-refractivity contribution in [3.63, 3.8) is 0 Å². The van der Waals surface area contributed by atoms with E-state index in [2.05, 4.69) is 10.7 Å². The van der Waals surface area contributed by atoms with Crippen LogP contribution in [0, 0.1) is 30.3 Å². The number of nitrogens with zero attached hydrogens (tertiary/aromatic N) is 1. The number of hydrogen-bond acceptors (Lipinski definition) is 3. The molecule has 1 atom stereocenters. The molecule has 0 spiro atoms. The number of pyridine rings is 1. The van der Waals surface area contributed by atoms with Crippen molar-refractivity contribution < 1.29 is 18.0 Å². The Morgan fingerprint density at radius 1 is 1.13 bits per heavy atom. The van der Waals surface area contributed by atoms with Gasteiger partial charge in [0.05, 0.1) is 22.7 Å². The van der Waals surface area contributed by atoms with Gasteiger partial charge in [0.2, 0.25) is 0 Å². The highest BCUT2D eigenvalue weighted by Gasteiger charge is 2.35. The van der Waals surface area contributed by atoms with Gasteiger partial charge in [0, 0.05) is 11.9 Å². The number of halogens is 3. The van der Waals surface area contributed by atoms with Crippen LogP contribution in [-0.4, -0.2) is 17.1 Å². The summed E-state index contributed by atoms with van der Waals surface area (Å²) < 4.78 is 42.9. The average Bonchev–Trinajstić information content (AvgIpc) is 3.56. The molecule has 2 N–H and O–H groups in total. The molecule has 2 aromatic carbocycles. The molecule has 4 rings (SSSR count). The van der Waals surface area contributed by atoms with Crippen molar-refractivity contribution >= 4 is 16.7 Å². The van der Waals surface area contributed by atoms with Crippen molar-refractivity contribution in [2.45, 2.75) is 32.7 Å². The second-order valence-electron chi connectivity index (χ2n) is 7.74. The summed E-state index contributed by atoms with van der Waals surface area (Å²) in [5, 5.41) is 2.92. The lowest BCUT2D eigenvalue weighted by atomic mass is 9.99. The summed E-state index contributed by atoms with van der Waals surface area (Å²) in [6.07, 6.45) is 1.68. The zero-order valence-corrected chi connectivity index (χ0v) is 17.1. The average molecular weight is 429 g/mol. The molecule has 0 aliphatic heterocycles. The topological polar surface area (TPSA) is 63.1 Å². The highest BCUT2D eigenvalue weighted by atomic mass is 19.2. The Morgan fingerprint density at radius 3 is 2.52 bits per heavy atom. The molecule has 1 saturated carbocycles. The fourth-order valence-corrected chi connectivity index (χ4v) is 3.98. The van der Waals surface area contributed by atoms with E-state index in [1.165, 1.54) is 28.9 Å². The first-order chi connectivity index (χ1) is 14.8. The maximum atomic E-state index is 14.5. The van der Waals surface area contributed by atoms with Gasteiger partial charge in [-0.25, -0.2) is 17.8 Å². The van der Waals surface area contributed by atoms with Crippen LogP contribution < -0.4 is 16.3 Å². The third-order valence-corrected chi connectivity index (χ3v) is 5.62. The SMILES string of the molecule is CCNn1c(C)c(C(=O)NC(c2ccc(F)c(F)c2)C2CC2)c2cccc(F)c2c1=O. The van der Waals surface area contributed by atoms with Gasteiger partial charge in [0.25, 0.3) is 11.5 Å². The maximum absolute atomic E-state index is 14.5. The van der Waals surface area contributed by atoms with Crippen LogP contribution in [0.1, 0.15) is 47.4 Å². The zero-order chi connectivity index (χ0) is 22.3. The van der Waals surface area contributed by atoms with Crippen LogP contribution in [0.15, 0.2) is 41.2 Å². The molecule has 5 nitrogen and oxygen atoms in total. The van der Waals surface area contributed by atoms with E-state index >= 15 is 0 Å². The van der Waals surface area contributed by atoms with Crippen LogP contribution in [0.25, 0.3) is 10.8 Å². The van der Waals surface area contributed by atoms with Gasteiger partial charge < -0.3 is 10.7 Å². The predicted octanol–water partition coefficient (Wildman–Crippen LogP) is 4.17. The van der Waals surface area contributed by atoms with Gasteiger partial charge in [-0.15, -0.1) is 0 Å². The molecule has 0 saturated heterocycles. The van der Waals surface area contributed by atoms with E-state index in [9.17, 15) is 22.8 Å². The number of hydrogen-bond donors (Lipinski definition) is 2. The van der Waals surface area contributed by atoms with Crippen LogP contribution in [0.5, 0.6) is 0 Å². The number of carbonyl (C=O) groups excluding carboxylic acids is 1. The summed E-state index contributed by atoms with van der Waals surface area (Å²) in [5.74, 6) is -3.08. The maximum Gasteiger partial charge on any atom is 0.279 e. The lowest BCUT2D eigenvalue weighted by Crippen LogP contribution is -2.36. The lowest BCUT2D eigenvalue weighted by molar-refractivity contribution is 0.0932. The number of carbonyl (C=O) groups is 1. The normalized spacial score (nSPS) is 14.5. The van der Waals surface area contributed by atoms with Crippen molar-refractivity contribution in [3.8, 4) is 0 Å². The van der Waals surface area contributed by atoms with Crippen LogP contribution in [0.2, 0.25) is 0 Å². The summed E-state index contributed by atoms with van der Waals surface area (Å²) in [5.41, 5.74) is 3.23. The molecule has 8 heteroatoms. The molecule has 1 unspecified atom stereocenters. The number of nitrogens with one attached hydrogen (secondary N) is 2. The number of aromatic nitrogens is 1. The highest BCUT2D eigenvalue weighted by molar-refractivity contribution is 6.08. The standard InChI is InChI=1S/C23H22F3N3O2/c1-3-27-29-12(2)19(15-5-4-6-17(25)20(15)23(29)31)22(30)28-21(13-7-8-13)14-9-10-16(24)18(26)11-14/h4-6,9-11,13,21,27H,3,7-8H2,1-2H3,(H,28,30). The highest BCUT2D eigenvalue weighted by Crippen LogP contribution is 2.41. The minimum absolute atomic E-state index is 0.0942. The van der Waals surface area contributed by atoms with E-state index in [0.717, 1.165) is 25.0 Å². The Balaban J connectivity index is 1.82. The Morgan fingerprint density at radius 2 is 1.87 bits per heavy atom. The van der Waals surface area contributed by atoms with Gasteiger partial charge in [0.1, 0.15) is 5.82 Å². The van der Waals surface area contributed by atoms with Gasteiger partial charge in [-0.1, -0.05) is 18.2 Å². The number of fused-ring (bicyclic) bond motifs is 1. The zero-order valence-electron chi connectivity index (χ0n) is 17.1. The Bertz CT molecular complexity index is 1230. The van der Waals surface area contributed by atoms with Crippen molar-refractivity contribution in [2.24, 2.45) is 5.92 Å². The molecular formula is C23H22F3N3O2. The Hall–Kier alpha value is -3.29. The lowest BCUT2D eigenvalue weighted by Gasteiger charge is -2.22. The largest absolute Gasteiger partial charge is 0.345 e. The first-order valence-electron chi connectivity index (χ1n) is 10.2. The molecule has 1 amide bonds. The number of rotatable bonds is 6. The van der Waals surface area contributed by atoms with Crippen LogP contribution in [-0.2, 0) is 0 Å². The number of amides is 1. The van der Waals surface area contributed by atoms with Gasteiger partial charge in [-0.2, -0.15) is 0 Å². The van der Waals surface area contributed by atoms with Gasteiger partial charge in [-0.05, 0) is 56.4 Å². The summed E-state index contributed by atoms with van der Waals surface area (Å²) in [6.45, 7) is 3.78. The number of benzene rings is 2. The molecule has 31 heavy (non-hydrogen) atoms. The van der Waals surface area contributed by atoms with Crippen LogP contribution >= 0.6 is 0 Å². The molecule has 1 heterocycles. The smallest absolute Gasteiger partial charge is 0.279 e. The van der Waals surface area contributed by atoms with Crippen molar-refractivity contribution in [1.82, 2.24) is 9.99 Å². The van der Waals surface area contributed by atoms with Crippen molar-refractivity contribution in [2.75, 3.05) is 12.0 Å². The second kappa shape index (κ2) is 8.09. The van der Waals surface area contributed by atoms with E-state index in [4.69, 9.17) is 0 Å². The predicted molar refractivity (Wildman–Crippen MR) is 112 cm³/mol. The molecule has 1 aliphatic rings. The minimum Gasteiger partial charge on any atom is -0.345 e. The van der Waals surface area contributed by atoms with E-state index in [1.54, 1.807) is 13.8 Å². The third kappa shape index (κ3) is 3.78. The molecule has 1 fully saturated rings. The fraction of sp³-hybridized carbons (Fsp3) is 0.304. The Kier molecular flexibility index (Phi) is 5.47. The van der Waals surface area contributed by atoms with Crippen molar-refractivity contribution in [1.29, 1.82) is 0 Å². The molecule has 1 aliphatic carbocycles. The first-order valence-corrected chi connectivity index (χ1v) is 10.2. The third-order valence-electron chi connectivity index (χ3n) is 5.62. The van der Waals surface area contributed by atoms with E-state index in [1.807, 2.05) is 0 Å². The Labute approximate surface area is 176 Å². The second-order valence-corrected chi connectivity index (χ2v) is 7.74. The summed E-state index contributed by atoms with van der Waals surface area (Å²) in [6, 6.07) is 7.19. The van der Waals surface area contributed by atoms with E-state index in [0.29, 0.717) is 17.8 Å². The summed E-state index contributed by atoms with van der Waals surface area (Å²) >= 11 is 0. The van der Waals surface area contributed by atoms with Gasteiger partial charge in [-0.3, -0.25) is 9.59 Å². The minimum atomic E-state index is -0.984. The molecular weight excluding hydrogens is 407 g/mol. The molecule has 162 valence electrons. The summed E-state index contributed by atoms with van der Waals surface area (Å²) in [4.78, 5) is 26.2. The summed E-state index contributed by atoms with van der Waals surface area (Å²) in [7, 11) is 0. The molecule has 1 aromatic heterocycles. The molecule has 3 aromatic rings. The van der Waals surface area contributed by atoms with Gasteiger partial charge >= 0.3 is 0 Å². The monoisotopic (exact) mass is 429 g/mol. The fourth-order valence-electron chi connectivity index (χ4n) is 3.98.